The molecule has 13 heavy (non-hydrogen) atoms. The van der Waals surface area contributed by atoms with E-state index in [4.69, 9.17) is 0 Å². The van der Waals surface area contributed by atoms with Crippen molar-refractivity contribution in [3.8, 4) is 0 Å². The molecule has 0 aliphatic heterocycles. The predicted octanol–water partition coefficient (Wildman–Crippen LogP) is 0.230. The van der Waals surface area contributed by atoms with Crippen LogP contribution in [0.2, 0.25) is 0 Å². The molecule has 0 aromatic carbocycles. The Morgan fingerprint density at radius 2 is 2.00 bits per heavy atom. The lowest BCUT2D eigenvalue weighted by Crippen LogP contribution is -2.44. The van der Waals surface area contributed by atoms with Gasteiger partial charge in [0.05, 0.1) is 7.11 Å². The SMILES string of the molecule is COC(=O)[C@H](CS)NC(=O)C(C)C. The predicted molar refractivity (Wildman–Crippen MR) is 52.6 cm³/mol. The van der Waals surface area contributed by atoms with Crippen molar-refractivity contribution in [1.29, 1.82) is 0 Å². The van der Waals surface area contributed by atoms with Gasteiger partial charge < -0.3 is 10.1 Å². The summed E-state index contributed by atoms with van der Waals surface area (Å²) in [5.74, 6) is -0.550. The Kier molecular flexibility index (Phi) is 5.53. The minimum Gasteiger partial charge on any atom is -0.467 e. The van der Waals surface area contributed by atoms with Crippen LogP contribution in [0, 0.1) is 5.92 Å². The van der Waals surface area contributed by atoms with Crippen molar-refractivity contribution in [3.05, 3.63) is 0 Å². The van der Waals surface area contributed by atoms with Crippen LogP contribution in [0.1, 0.15) is 13.8 Å². The highest BCUT2D eigenvalue weighted by atomic mass is 32.1. The summed E-state index contributed by atoms with van der Waals surface area (Å²) in [6.45, 7) is 3.50. The van der Waals surface area contributed by atoms with Crippen LogP contribution in [-0.2, 0) is 14.3 Å². The molecule has 0 saturated carbocycles. The highest BCUT2D eigenvalue weighted by molar-refractivity contribution is 7.80. The van der Waals surface area contributed by atoms with Crippen molar-refractivity contribution in [2.24, 2.45) is 5.92 Å². The molecule has 0 aromatic rings. The summed E-state index contributed by atoms with van der Waals surface area (Å²) in [7, 11) is 1.28. The Bertz CT molecular complexity index is 194. The third kappa shape index (κ3) is 4.17. The maximum atomic E-state index is 11.2. The Hall–Kier alpha value is -0.710. The molecule has 0 aliphatic carbocycles. The van der Waals surface area contributed by atoms with Gasteiger partial charge in [0.1, 0.15) is 6.04 Å². The van der Waals surface area contributed by atoms with Gasteiger partial charge in [0.15, 0.2) is 0 Å². The highest BCUT2D eigenvalue weighted by Crippen LogP contribution is 1.96. The molecular formula is C8H15NO3S. The fourth-order valence-corrected chi connectivity index (χ4v) is 0.900. The fourth-order valence-electron chi connectivity index (χ4n) is 0.660. The number of carbonyl (C=O) groups excluding carboxylic acids is 2. The zero-order chi connectivity index (χ0) is 10.4. The van der Waals surface area contributed by atoms with Crippen molar-refractivity contribution in [3.63, 3.8) is 0 Å². The smallest absolute Gasteiger partial charge is 0.329 e. The van der Waals surface area contributed by atoms with Crippen molar-refractivity contribution in [2.75, 3.05) is 12.9 Å². The van der Waals surface area contributed by atoms with Crippen LogP contribution in [0.5, 0.6) is 0 Å². The summed E-state index contributed by atoms with van der Waals surface area (Å²) >= 11 is 3.94. The first-order valence-corrected chi connectivity index (χ1v) is 4.65. The van der Waals surface area contributed by atoms with Crippen LogP contribution >= 0.6 is 12.6 Å². The standard InChI is InChI=1S/C8H15NO3S/c1-5(2)7(10)9-6(4-13)8(11)12-3/h5-6,13H,4H2,1-3H3,(H,9,10)/t6-/m0/s1. The van der Waals surface area contributed by atoms with Gasteiger partial charge in [-0.25, -0.2) is 4.79 Å². The molecule has 5 heteroatoms. The van der Waals surface area contributed by atoms with Gasteiger partial charge in [-0.1, -0.05) is 13.8 Å². The Balaban J connectivity index is 4.13. The Labute approximate surface area is 83.4 Å². The Morgan fingerprint density at radius 1 is 1.46 bits per heavy atom. The van der Waals surface area contributed by atoms with Gasteiger partial charge in [0.2, 0.25) is 5.91 Å². The van der Waals surface area contributed by atoms with E-state index >= 15 is 0 Å². The second kappa shape index (κ2) is 5.85. The number of carbonyl (C=O) groups is 2. The van der Waals surface area contributed by atoms with E-state index in [-0.39, 0.29) is 17.6 Å². The quantitative estimate of drug-likeness (QED) is 0.510. The van der Waals surface area contributed by atoms with Crippen LogP contribution < -0.4 is 5.32 Å². The molecule has 0 aromatic heterocycles. The first kappa shape index (κ1) is 12.3. The summed E-state index contributed by atoms with van der Waals surface area (Å²) in [4.78, 5) is 22.2. The van der Waals surface area contributed by atoms with E-state index in [1.54, 1.807) is 13.8 Å². The van der Waals surface area contributed by atoms with Gasteiger partial charge in [0.25, 0.3) is 0 Å². The molecule has 0 aliphatic rings. The molecule has 0 heterocycles. The van der Waals surface area contributed by atoms with Gasteiger partial charge in [-0.15, -0.1) is 0 Å². The van der Waals surface area contributed by atoms with Gasteiger partial charge in [-0.05, 0) is 0 Å². The monoisotopic (exact) mass is 205 g/mol. The molecule has 0 radical (unpaired) electrons. The minimum atomic E-state index is -0.650. The molecule has 0 fully saturated rings. The van der Waals surface area contributed by atoms with E-state index in [9.17, 15) is 9.59 Å². The number of thiol groups is 1. The second-order valence-corrected chi connectivity index (χ2v) is 3.29. The number of rotatable bonds is 4. The largest absolute Gasteiger partial charge is 0.467 e. The maximum absolute atomic E-state index is 11.2. The lowest BCUT2D eigenvalue weighted by atomic mass is 10.2. The molecule has 0 bridgehead atoms. The van der Waals surface area contributed by atoms with Gasteiger partial charge in [0, 0.05) is 11.7 Å². The number of nitrogens with one attached hydrogen (secondary N) is 1. The van der Waals surface area contributed by atoms with E-state index in [2.05, 4.69) is 22.7 Å². The lowest BCUT2D eigenvalue weighted by molar-refractivity contribution is -0.144. The molecule has 4 nitrogen and oxygen atoms in total. The van der Waals surface area contributed by atoms with Gasteiger partial charge in [-0.3, -0.25) is 4.79 Å². The molecule has 1 atom stereocenters. The number of ether oxygens (including phenoxy) is 1. The molecule has 0 rings (SSSR count). The summed E-state index contributed by atoms with van der Waals surface area (Å²) < 4.78 is 4.48. The van der Waals surface area contributed by atoms with E-state index < -0.39 is 12.0 Å². The molecule has 1 amide bonds. The third-order valence-electron chi connectivity index (χ3n) is 1.51. The van der Waals surface area contributed by atoms with Crippen molar-refractivity contribution in [1.82, 2.24) is 5.32 Å². The first-order chi connectivity index (χ1) is 6.02. The lowest BCUT2D eigenvalue weighted by Gasteiger charge is -2.15. The zero-order valence-electron chi connectivity index (χ0n) is 8.03. The van der Waals surface area contributed by atoms with Gasteiger partial charge in [-0.2, -0.15) is 12.6 Å². The molecule has 0 unspecified atom stereocenters. The third-order valence-corrected chi connectivity index (χ3v) is 1.87. The summed E-state index contributed by atoms with van der Waals surface area (Å²) in [6.07, 6.45) is 0. The van der Waals surface area contributed by atoms with Gasteiger partial charge >= 0.3 is 5.97 Å². The van der Waals surface area contributed by atoms with Crippen LogP contribution in [-0.4, -0.2) is 30.8 Å². The molecule has 1 N–H and O–H groups in total. The zero-order valence-corrected chi connectivity index (χ0v) is 8.93. The summed E-state index contributed by atoms with van der Waals surface area (Å²) in [6, 6.07) is -0.650. The van der Waals surface area contributed by atoms with E-state index in [0.717, 1.165) is 0 Å². The van der Waals surface area contributed by atoms with Crippen LogP contribution in [0.4, 0.5) is 0 Å². The minimum absolute atomic E-state index is 0.146. The number of amides is 1. The molecule has 0 spiro atoms. The fraction of sp³-hybridized carbons (Fsp3) is 0.750. The number of hydrogen-bond donors (Lipinski definition) is 2. The Morgan fingerprint density at radius 3 is 2.31 bits per heavy atom. The van der Waals surface area contributed by atoms with Crippen molar-refractivity contribution < 1.29 is 14.3 Å². The molecule has 76 valence electrons. The van der Waals surface area contributed by atoms with Crippen LogP contribution in [0.15, 0.2) is 0 Å². The first-order valence-electron chi connectivity index (χ1n) is 4.02. The molecular weight excluding hydrogens is 190 g/mol. The molecule has 0 saturated heterocycles. The van der Waals surface area contributed by atoms with Crippen LogP contribution in [0.3, 0.4) is 0 Å². The van der Waals surface area contributed by atoms with E-state index in [0.29, 0.717) is 0 Å². The number of methoxy groups -OCH3 is 1. The number of esters is 1. The summed E-state index contributed by atoms with van der Waals surface area (Å²) in [5, 5.41) is 2.53. The topological polar surface area (TPSA) is 55.4 Å². The normalized spacial score (nSPS) is 12.4. The average molecular weight is 205 g/mol. The number of hydrogen-bond acceptors (Lipinski definition) is 4. The maximum Gasteiger partial charge on any atom is 0.329 e. The average Bonchev–Trinajstić information content (AvgIpc) is 2.12. The van der Waals surface area contributed by atoms with E-state index in [1.807, 2.05) is 0 Å². The van der Waals surface area contributed by atoms with Crippen molar-refractivity contribution in [2.45, 2.75) is 19.9 Å². The van der Waals surface area contributed by atoms with Crippen LogP contribution in [0.25, 0.3) is 0 Å². The summed E-state index contributed by atoms with van der Waals surface area (Å²) in [5.41, 5.74) is 0. The second-order valence-electron chi connectivity index (χ2n) is 2.92. The highest BCUT2D eigenvalue weighted by Gasteiger charge is 2.20. The van der Waals surface area contributed by atoms with Crippen molar-refractivity contribution >= 4 is 24.5 Å². The van der Waals surface area contributed by atoms with E-state index in [1.165, 1.54) is 7.11 Å².